The van der Waals surface area contributed by atoms with Gasteiger partial charge in [-0.3, -0.25) is 28.8 Å². The largest absolute Gasteiger partial charge is 0.481 e. The summed E-state index contributed by atoms with van der Waals surface area (Å²) in [6.07, 6.45) is 21.9. The molecule has 2 rings (SSSR count). The maximum Gasteiger partial charge on any atom is 0.337 e. The molecule has 0 aliphatic rings. The van der Waals surface area contributed by atoms with Crippen LogP contribution in [0.2, 0.25) is 0 Å². The molecule has 22 heteroatoms. The van der Waals surface area contributed by atoms with Gasteiger partial charge in [-0.1, -0.05) is 158 Å². The molecule has 0 radical (unpaired) electrons. The summed E-state index contributed by atoms with van der Waals surface area (Å²) in [4.78, 5) is 123. The van der Waals surface area contributed by atoms with E-state index < -0.39 is 95.5 Å². The topological polar surface area (TPSA) is 376 Å². The molecule has 0 saturated heterocycles. The predicted octanol–water partition coefficient (Wildman–Crippen LogP) is 8.98. The van der Waals surface area contributed by atoms with E-state index in [1.54, 1.807) is 68.5 Å². The fourth-order valence-electron chi connectivity index (χ4n) is 10.3. The summed E-state index contributed by atoms with van der Waals surface area (Å²) in [5, 5.41) is 56.4. The fraction of sp³-hybridized carbons (Fsp3) is 0.606. The highest BCUT2D eigenvalue weighted by atomic mass is 16.5. The van der Waals surface area contributed by atoms with Gasteiger partial charge >= 0.3 is 23.9 Å². The standard InChI is InChI=1S/C36H52N2O9.C35H52N2O9/c1-4-6-8-11-14-17-28(39)18-15-12-9-10-13-16-19-30(36(45,35(43)44)26-32(37)40)33(41)38-31(34(42)46-3)25-27-20-22-29(23-21-27)47-24-7-5-2;1-3-5-7-10-13-16-27(38)17-14-11-8-9-12-15-18-29(35(45,34(43)44)25-31(36)39)32(40)37-30(33(41)42)24-26-19-21-28(22-20-26)46-23-6-4-2/h16,19-23,30-31,45H,4,6,8-15,17-18,24-26H2,1-3H3,(H2,37,40)(H,38,41)(H,43,44);19-22,29-30,45H,3,5,7-18,23-25H2,1-2H3,(H2,36,39)(H,37,40)(H,41,42)(H,43,44)/b19-16+;/t30-,31+,36+;29-,30+,35+/m11/s1. The minimum absolute atomic E-state index is 0.00737. The monoisotopic (exact) mass is 1300 g/mol. The van der Waals surface area contributed by atoms with Crippen molar-refractivity contribution in [3.05, 3.63) is 71.8 Å². The number of rotatable bonds is 51. The van der Waals surface area contributed by atoms with Crippen molar-refractivity contribution in [3.8, 4) is 35.2 Å². The molecule has 4 amide bonds. The lowest BCUT2D eigenvalue weighted by Gasteiger charge is -2.31. The van der Waals surface area contributed by atoms with Crippen LogP contribution in [-0.4, -0.2) is 128 Å². The van der Waals surface area contributed by atoms with E-state index in [0.717, 1.165) is 77.7 Å². The highest BCUT2D eigenvalue weighted by molar-refractivity contribution is 5.96. The predicted molar refractivity (Wildman–Crippen MR) is 352 cm³/mol. The summed E-state index contributed by atoms with van der Waals surface area (Å²) < 4.78 is 15.8. The van der Waals surface area contributed by atoms with Gasteiger partial charge in [0, 0.05) is 38.5 Å². The zero-order chi connectivity index (χ0) is 69.5. The van der Waals surface area contributed by atoms with Crippen LogP contribution >= 0.6 is 0 Å². The Balaban J connectivity index is 0.000000930. The Morgan fingerprint density at radius 3 is 1.31 bits per heavy atom. The number of allylic oxidation sites excluding steroid dienone is 1. The number of amides is 4. The molecule has 0 bridgehead atoms. The molecular formula is C71H104N4O18. The molecule has 0 aliphatic heterocycles. The van der Waals surface area contributed by atoms with Crippen LogP contribution in [-0.2, 0) is 65.5 Å². The highest BCUT2D eigenvalue weighted by Gasteiger charge is 2.50. The van der Waals surface area contributed by atoms with E-state index in [2.05, 4.69) is 48.2 Å². The van der Waals surface area contributed by atoms with Gasteiger partial charge in [0.1, 0.15) is 48.4 Å². The number of unbranched alkanes of at least 4 members (excludes halogenated alkanes) is 17. The third kappa shape index (κ3) is 35.5. The molecule has 516 valence electrons. The number of methoxy groups -OCH3 is 1. The van der Waals surface area contributed by atoms with Gasteiger partial charge in [-0.15, -0.1) is 11.8 Å². The van der Waals surface area contributed by atoms with E-state index in [9.17, 15) is 73.5 Å². The minimum Gasteiger partial charge on any atom is -0.481 e. The van der Waals surface area contributed by atoms with Crippen molar-refractivity contribution < 1.29 is 87.7 Å². The quantitative estimate of drug-likeness (QED) is 0.0129. The number of carboxylic acid groups (broad SMARTS) is 3. The Labute approximate surface area is 549 Å². The number of carboxylic acids is 3. The lowest BCUT2D eigenvalue weighted by molar-refractivity contribution is -0.172. The number of carbonyl (C=O) groups excluding carboxylic acids is 7. The van der Waals surface area contributed by atoms with Crippen molar-refractivity contribution in [2.45, 2.75) is 244 Å². The van der Waals surface area contributed by atoms with Crippen LogP contribution in [0, 0.1) is 35.5 Å². The van der Waals surface area contributed by atoms with Crippen LogP contribution in [0.1, 0.15) is 219 Å². The van der Waals surface area contributed by atoms with Gasteiger partial charge in [-0.05, 0) is 94.2 Å². The van der Waals surface area contributed by atoms with Crippen LogP contribution in [0.4, 0.5) is 0 Å². The first-order valence-corrected chi connectivity index (χ1v) is 32.7. The Morgan fingerprint density at radius 1 is 0.527 bits per heavy atom. The van der Waals surface area contributed by atoms with E-state index >= 15 is 0 Å². The number of benzene rings is 2. The molecule has 0 aliphatic carbocycles. The van der Waals surface area contributed by atoms with Gasteiger partial charge in [0.25, 0.3) is 0 Å². The average Bonchev–Trinajstić information content (AvgIpc) is 0.872. The molecule has 6 atom stereocenters. The van der Waals surface area contributed by atoms with E-state index in [1.807, 2.05) is 0 Å². The number of carbonyl (C=O) groups is 10. The first-order valence-electron chi connectivity index (χ1n) is 32.7. The lowest BCUT2D eigenvalue weighted by atomic mass is 9.79. The Bertz CT molecular complexity index is 2780. The van der Waals surface area contributed by atoms with Crippen molar-refractivity contribution in [1.29, 1.82) is 0 Å². The summed E-state index contributed by atoms with van der Waals surface area (Å²) in [5.74, 6) is -0.684. The maximum absolute atomic E-state index is 13.5. The number of primary amides is 2. The number of Topliss-reactive ketones (excluding diaryl/α,β-unsaturated/α-hetero) is 2. The van der Waals surface area contributed by atoms with E-state index in [-0.39, 0.29) is 44.0 Å². The van der Waals surface area contributed by atoms with Gasteiger partial charge in [0.2, 0.25) is 23.6 Å². The van der Waals surface area contributed by atoms with Crippen molar-refractivity contribution in [2.75, 3.05) is 20.3 Å². The molecule has 2 aromatic carbocycles. The number of hydrogen-bond donors (Lipinski definition) is 9. The number of ether oxygens (including phenoxy) is 3. The molecule has 0 unspecified atom stereocenters. The zero-order valence-corrected chi connectivity index (χ0v) is 55.4. The molecule has 0 heterocycles. The second-order valence-corrected chi connectivity index (χ2v) is 23.3. The van der Waals surface area contributed by atoms with E-state index in [4.69, 9.17) is 25.7 Å². The van der Waals surface area contributed by atoms with Crippen molar-refractivity contribution in [3.63, 3.8) is 0 Å². The molecule has 0 aromatic heterocycles. The number of ketones is 2. The Kier molecular flexibility index (Phi) is 43.4. The number of aliphatic hydroxyl groups is 2. The summed E-state index contributed by atoms with van der Waals surface area (Å²) >= 11 is 0. The van der Waals surface area contributed by atoms with Gasteiger partial charge < -0.3 is 61.8 Å². The molecule has 11 N–H and O–H groups in total. The zero-order valence-electron chi connectivity index (χ0n) is 55.4. The third-order valence-corrected chi connectivity index (χ3v) is 15.7. The summed E-state index contributed by atoms with van der Waals surface area (Å²) in [6, 6.07) is 10.6. The average molecular weight is 1300 g/mol. The molecule has 2 aromatic rings. The number of aliphatic carboxylic acids is 3. The first-order chi connectivity index (χ1) is 44.4. The Morgan fingerprint density at radius 2 is 0.914 bits per heavy atom. The molecule has 0 spiro atoms. The number of hydrogen-bond acceptors (Lipinski definition) is 15. The normalized spacial score (nSPS) is 13.4. The maximum atomic E-state index is 13.5. The number of esters is 1. The van der Waals surface area contributed by atoms with Crippen molar-refractivity contribution in [1.82, 2.24) is 10.6 Å². The number of nitrogens with two attached hydrogens (primary N) is 2. The summed E-state index contributed by atoms with van der Waals surface area (Å²) in [5.41, 5.74) is 5.99. The second kappa shape index (κ2) is 48.6. The van der Waals surface area contributed by atoms with E-state index in [0.29, 0.717) is 74.0 Å². The second-order valence-electron chi connectivity index (χ2n) is 23.3. The fourth-order valence-corrected chi connectivity index (χ4v) is 10.3. The van der Waals surface area contributed by atoms with Crippen molar-refractivity contribution >= 4 is 59.1 Å². The van der Waals surface area contributed by atoms with Crippen molar-refractivity contribution in [2.24, 2.45) is 23.3 Å². The molecule has 22 nitrogen and oxygen atoms in total. The van der Waals surface area contributed by atoms with Crippen LogP contribution in [0.3, 0.4) is 0 Å². The van der Waals surface area contributed by atoms with E-state index in [1.165, 1.54) is 44.6 Å². The van der Waals surface area contributed by atoms with Gasteiger partial charge in [0.05, 0.1) is 31.8 Å². The minimum atomic E-state index is -2.86. The van der Waals surface area contributed by atoms with Crippen LogP contribution in [0.25, 0.3) is 0 Å². The van der Waals surface area contributed by atoms with Crippen LogP contribution < -0.4 is 31.6 Å². The van der Waals surface area contributed by atoms with Gasteiger partial charge in [-0.25, -0.2) is 19.2 Å². The van der Waals surface area contributed by atoms with Crippen LogP contribution in [0.15, 0.2) is 60.7 Å². The molecular weight excluding hydrogens is 1200 g/mol. The lowest BCUT2D eigenvalue weighted by Crippen LogP contribution is -2.56. The first kappa shape index (κ1) is 82.9. The SMILES string of the molecule is CC#CCOc1ccc(C[C@H](NC(=O)[C@@H](/C=C/CCCCCCC(=O)CCCCCCC)[C@@](O)(CC(N)=O)C(=O)O)C(=O)OC)cc1.CC#CCOc1ccc(C[C@H](NC(=O)[C@@H](CCCCCCCCC(=O)CCCCCCC)[C@@](O)(CC(N)=O)C(=O)O)C(=O)O)cc1. The smallest absolute Gasteiger partial charge is 0.337 e. The third-order valence-electron chi connectivity index (χ3n) is 15.7. The Hall–Kier alpha value is -8.08. The van der Waals surface area contributed by atoms with Gasteiger partial charge in [0.15, 0.2) is 11.2 Å². The molecule has 0 fully saturated rings. The van der Waals surface area contributed by atoms with Gasteiger partial charge in [-0.2, -0.15) is 0 Å². The number of nitrogens with one attached hydrogen (secondary N) is 2. The molecule has 0 saturated carbocycles. The summed E-state index contributed by atoms with van der Waals surface area (Å²) in [7, 11) is 1.15. The highest BCUT2D eigenvalue weighted by Crippen LogP contribution is 2.30. The summed E-state index contributed by atoms with van der Waals surface area (Å²) in [6.45, 7) is 8.11. The molecule has 93 heavy (non-hydrogen) atoms. The van der Waals surface area contributed by atoms with Crippen LogP contribution in [0.5, 0.6) is 11.5 Å².